The van der Waals surface area contributed by atoms with Gasteiger partial charge in [-0.2, -0.15) is 0 Å². The molecular formula is C18H20FN4O3+. The Bertz CT molecular complexity index is 807. The molecule has 136 valence electrons. The second-order valence-electron chi connectivity index (χ2n) is 6.22. The van der Waals surface area contributed by atoms with Crippen molar-refractivity contribution in [3.8, 4) is 0 Å². The van der Waals surface area contributed by atoms with Crippen LogP contribution in [0.15, 0.2) is 48.5 Å². The van der Waals surface area contributed by atoms with Crippen molar-refractivity contribution in [2.75, 3.05) is 42.9 Å². The number of hydrogen-bond acceptors (Lipinski definition) is 4. The second-order valence-corrected chi connectivity index (χ2v) is 6.22. The summed E-state index contributed by atoms with van der Waals surface area (Å²) in [5.74, 6) is -0.571. The summed E-state index contributed by atoms with van der Waals surface area (Å²) < 4.78 is 13.2. The van der Waals surface area contributed by atoms with Crippen molar-refractivity contribution in [3.05, 3.63) is 64.5 Å². The van der Waals surface area contributed by atoms with Crippen molar-refractivity contribution in [1.82, 2.24) is 0 Å². The Balaban J connectivity index is 1.54. The number of halogens is 1. The quantitative estimate of drug-likeness (QED) is 0.618. The molecule has 0 spiro atoms. The number of benzene rings is 2. The number of rotatable bonds is 5. The van der Waals surface area contributed by atoms with Gasteiger partial charge in [0.2, 0.25) is 0 Å². The Hall–Kier alpha value is -3.00. The SMILES string of the molecule is O=C(C[NH+]1CCN(c2ccccc2[N+](=O)[O-])CC1)Nc1cccc(F)c1. The molecule has 0 aromatic heterocycles. The molecule has 26 heavy (non-hydrogen) atoms. The van der Waals surface area contributed by atoms with Gasteiger partial charge in [0.05, 0.1) is 31.1 Å². The van der Waals surface area contributed by atoms with E-state index in [-0.39, 0.29) is 23.1 Å². The lowest BCUT2D eigenvalue weighted by molar-refractivity contribution is -0.892. The van der Waals surface area contributed by atoms with E-state index in [2.05, 4.69) is 5.32 Å². The Morgan fingerprint density at radius 3 is 2.62 bits per heavy atom. The second kappa shape index (κ2) is 7.92. The molecule has 7 nitrogen and oxygen atoms in total. The first kappa shape index (κ1) is 17.8. The van der Waals surface area contributed by atoms with Crippen molar-refractivity contribution < 1.29 is 19.0 Å². The van der Waals surface area contributed by atoms with Crippen LogP contribution in [-0.4, -0.2) is 43.6 Å². The van der Waals surface area contributed by atoms with Crippen LogP contribution in [0.25, 0.3) is 0 Å². The molecule has 3 rings (SSSR count). The Morgan fingerprint density at radius 1 is 1.19 bits per heavy atom. The van der Waals surface area contributed by atoms with Crippen molar-refractivity contribution in [1.29, 1.82) is 0 Å². The van der Waals surface area contributed by atoms with Gasteiger partial charge in [0.1, 0.15) is 11.5 Å². The van der Waals surface area contributed by atoms with Gasteiger partial charge in [0.15, 0.2) is 6.54 Å². The molecular weight excluding hydrogens is 339 g/mol. The van der Waals surface area contributed by atoms with Gasteiger partial charge in [-0.05, 0) is 24.3 Å². The van der Waals surface area contributed by atoms with Crippen LogP contribution in [0.2, 0.25) is 0 Å². The number of carbonyl (C=O) groups excluding carboxylic acids is 1. The largest absolute Gasteiger partial charge is 0.355 e. The van der Waals surface area contributed by atoms with Gasteiger partial charge in [-0.15, -0.1) is 0 Å². The lowest BCUT2D eigenvalue weighted by atomic mass is 10.2. The number of para-hydroxylation sites is 2. The summed E-state index contributed by atoms with van der Waals surface area (Å²) in [5, 5.41) is 13.9. The van der Waals surface area contributed by atoms with Crippen LogP contribution in [0, 0.1) is 15.9 Å². The molecule has 0 aliphatic carbocycles. The summed E-state index contributed by atoms with van der Waals surface area (Å²) in [7, 11) is 0. The summed E-state index contributed by atoms with van der Waals surface area (Å²) in [5.41, 5.74) is 1.15. The molecule has 2 aromatic rings. The zero-order valence-corrected chi connectivity index (χ0v) is 14.2. The fraction of sp³-hybridized carbons (Fsp3) is 0.278. The van der Waals surface area contributed by atoms with Gasteiger partial charge in [0, 0.05) is 11.8 Å². The number of nitro benzene ring substituents is 1. The third kappa shape index (κ3) is 4.34. The van der Waals surface area contributed by atoms with Crippen molar-refractivity contribution in [3.63, 3.8) is 0 Å². The van der Waals surface area contributed by atoms with Gasteiger partial charge in [-0.25, -0.2) is 4.39 Å². The molecule has 0 radical (unpaired) electrons. The molecule has 2 aromatic carbocycles. The highest BCUT2D eigenvalue weighted by atomic mass is 19.1. The van der Waals surface area contributed by atoms with Gasteiger partial charge in [-0.1, -0.05) is 18.2 Å². The predicted molar refractivity (Wildman–Crippen MR) is 95.9 cm³/mol. The lowest BCUT2D eigenvalue weighted by Crippen LogP contribution is -3.15. The molecule has 1 aliphatic rings. The molecule has 0 saturated carbocycles. The molecule has 1 saturated heterocycles. The number of nitrogens with one attached hydrogen (secondary N) is 2. The van der Waals surface area contributed by atoms with Gasteiger partial charge in [-0.3, -0.25) is 14.9 Å². The van der Waals surface area contributed by atoms with E-state index in [1.54, 1.807) is 30.3 Å². The number of anilines is 2. The third-order valence-electron chi connectivity index (χ3n) is 4.41. The minimum atomic E-state index is -0.395. The van der Waals surface area contributed by atoms with E-state index in [0.29, 0.717) is 37.6 Å². The average molecular weight is 359 g/mol. The van der Waals surface area contributed by atoms with E-state index < -0.39 is 5.82 Å². The maximum Gasteiger partial charge on any atom is 0.292 e. The number of piperazine rings is 1. The minimum absolute atomic E-state index is 0.0970. The molecule has 1 heterocycles. The van der Waals surface area contributed by atoms with Gasteiger partial charge < -0.3 is 15.1 Å². The highest BCUT2D eigenvalue weighted by Crippen LogP contribution is 2.27. The maximum atomic E-state index is 13.2. The standard InChI is InChI=1S/C18H19FN4O3/c19-14-4-3-5-15(12-14)20-18(24)13-21-8-10-22(11-9-21)16-6-1-2-7-17(16)23(25)26/h1-7,12H,8-11,13H2,(H,20,24)/p+1. The molecule has 1 fully saturated rings. The average Bonchev–Trinajstić information content (AvgIpc) is 2.62. The first-order valence-corrected chi connectivity index (χ1v) is 8.40. The van der Waals surface area contributed by atoms with Gasteiger partial charge >= 0.3 is 0 Å². The van der Waals surface area contributed by atoms with Crippen molar-refractivity contribution >= 4 is 23.0 Å². The summed E-state index contributed by atoms with van der Waals surface area (Å²) in [6.45, 7) is 2.94. The lowest BCUT2D eigenvalue weighted by Gasteiger charge is -2.33. The Morgan fingerprint density at radius 2 is 1.92 bits per heavy atom. The third-order valence-corrected chi connectivity index (χ3v) is 4.41. The molecule has 2 N–H and O–H groups in total. The Kier molecular flexibility index (Phi) is 5.43. The van der Waals surface area contributed by atoms with E-state index in [9.17, 15) is 19.3 Å². The highest BCUT2D eigenvalue weighted by Gasteiger charge is 2.26. The molecule has 1 amide bonds. The minimum Gasteiger partial charge on any atom is -0.355 e. The first-order chi connectivity index (χ1) is 12.5. The zero-order valence-electron chi connectivity index (χ0n) is 14.2. The van der Waals surface area contributed by atoms with E-state index in [4.69, 9.17) is 0 Å². The maximum absolute atomic E-state index is 13.2. The number of quaternary nitrogens is 1. The summed E-state index contributed by atoms with van der Waals surface area (Å²) in [6, 6.07) is 12.5. The molecule has 0 bridgehead atoms. The molecule has 8 heteroatoms. The number of carbonyl (C=O) groups is 1. The number of nitrogens with zero attached hydrogens (tertiary/aromatic N) is 2. The number of amides is 1. The van der Waals surface area contributed by atoms with Gasteiger partial charge in [0.25, 0.3) is 11.6 Å². The van der Waals surface area contributed by atoms with Crippen molar-refractivity contribution in [2.24, 2.45) is 0 Å². The Labute approximate surface area is 150 Å². The van der Waals surface area contributed by atoms with Crippen LogP contribution in [-0.2, 0) is 4.79 Å². The summed E-state index contributed by atoms with van der Waals surface area (Å²) >= 11 is 0. The first-order valence-electron chi connectivity index (χ1n) is 8.40. The van der Waals surface area contributed by atoms with Crippen LogP contribution in [0.1, 0.15) is 0 Å². The molecule has 0 atom stereocenters. The van der Waals surface area contributed by atoms with Crippen LogP contribution in [0.4, 0.5) is 21.5 Å². The van der Waals surface area contributed by atoms with Crippen LogP contribution >= 0.6 is 0 Å². The fourth-order valence-corrected chi connectivity index (χ4v) is 3.13. The fourth-order valence-electron chi connectivity index (χ4n) is 3.13. The monoisotopic (exact) mass is 359 g/mol. The summed E-state index contributed by atoms with van der Waals surface area (Å²) in [4.78, 5) is 26.0. The zero-order chi connectivity index (χ0) is 18.5. The van der Waals surface area contributed by atoms with E-state index >= 15 is 0 Å². The van der Waals surface area contributed by atoms with Crippen LogP contribution in [0.3, 0.4) is 0 Å². The highest BCUT2D eigenvalue weighted by molar-refractivity contribution is 5.91. The number of nitro groups is 1. The number of hydrogen-bond donors (Lipinski definition) is 2. The van der Waals surface area contributed by atoms with Crippen molar-refractivity contribution in [2.45, 2.75) is 0 Å². The smallest absolute Gasteiger partial charge is 0.292 e. The molecule has 0 unspecified atom stereocenters. The van der Waals surface area contributed by atoms with E-state index in [1.807, 2.05) is 4.90 Å². The van der Waals surface area contributed by atoms with Crippen LogP contribution < -0.4 is 15.1 Å². The topological polar surface area (TPSA) is 79.9 Å². The van der Waals surface area contributed by atoms with E-state index in [0.717, 1.165) is 4.90 Å². The van der Waals surface area contributed by atoms with E-state index in [1.165, 1.54) is 18.2 Å². The van der Waals surface area contributed by atoms with Crippen LogP contribution in [0.5, 0.6) is 0 Å². The summed E-state index contributed by atoms with van der Waals surface area (Å²) in [6.07, 6.45) is 0. The normalized spacial score (nSPS) is 14.9. The molecule has 1 aliphatic heterocycles. The predicted octanol–water partition coefficient (Wildman–Crippen LogP) is 1.08.